The van der Waals surface area contributed by atoms with Crippen LogP contribution in [0.2, 0.25) is 0 Å². The van der Waals surface area contributed by atoms with Crippen LogP contribution in [-0.2, 0) is 11.2 Å². The number of carbonyl (C=O) groups excluding carboxylic acids is 1. The van der Waals surface area contributed by atoms with Crippen LogP contribution in [0.1, 0.15) is 44.1 Å². The maximum Gasteiger partial charge on any atom is 0.227 e. The number of rotatable bonds is 3. The molecule has 150 valence electrons. The van der Waals surface area contributed by atoms with E-state index in [9.17, 15) is 4.79 Å². The highest BCUT2D eigenvalue weighted by Gasteiger charge is 2.46. The van der Waals surface area contributed by atoms with Crippen LogP contribution in [0, 0.1) is 11.8 Å². The Morgan fingerprint density at radius 2 is 2.00 bits per heavy atom. The molecule has 3 heterocycles. The van der Waals surface area contributed by atoms with Gasteiger partial charge in [0.15, 0.2) is 0 Å². The molecule has 4 aliphatic rings. The Labute approximate surface area is 168 Å². The van der Waals surface area contributed by atoms with Crippen LogP contribution in [0.3, 0.4) is 0 Å². The second-order valence-electron chi connectivity index (χ2n) is 9.12. The third-order valence-corrected chi connectivity index (χ3v) is 7.49. The van der Waals surface area contributed by atoms with Crippen LogP contribution < -0.4 is 4.74 Å². The first-order chi connectivity index (χ1) is 13.7. The molecule has 1 aliphatic carbocycles. The van der Waals surface area contributed by atoms with E-state index in [4.69, 9.17) is 4.74 Å². The molecular formula is C24H32N2O2. The Morgan fingerprint density at radius 3 is 2.82 bits per heavy atom. The summed E-state index contributed by atoms with van der Waals surface area (Å²) in [5.74, 6) is 2.48. The van der Waals surface area contributed by atoms with Gasteiger partial charge in [0.25, 0.3) is 0 Å². The third-order valence-electron chi connectivity index (χ3n) is 7.49. The van der Waals surface area contributed by atoms with Crippen molar-refractivity contribution in [3.63, 3.8) is 0 Å². The van der Waals surface area contributed by atoms with Gasteiger partial charge in [-0.25, -0.2) is 0 Å². The van der Waals surface area contributed by atoms with Crippen molar-refractivity contribution in [2.24, 2.45) is 11.8 Å². The number of carbonyl (C=O) groups is 1. The van der Waals surface area contributed by atoms with E-state index >= 15 is 0 Å². The van der Waals surface area contributed by atoms with E-state index < -0.39 is 0 Å². The Balaban J connectivity index is 1.35. The van der Waals surface area contributed by atoms with Crippen LogP contribution >= 0.6 is 0 Å². The molecule has 0 N–H and O–H groups in total. The minimum Gasteiger partial charge on any atom is -0.497 e. The van der Waals surface area contributed by atoms with Gasteiger partial charge >= 0.3 is 0 Å². The first kappa shape index (κ1) is 18.2. The van der Waals surface area contributed by atoms with Crippen LogP contribution in [-0.4, -0.2) is 54.5 Å². The molecule has 0 radical (unpaired) electrons. The highest BCUT2D eigenvalue weighted by atomic mass is 16.5. The molecule has 3 aliphatic heterocycles. The molecule has 4 heteroatoms. The van der Waals surface area contributed by atoms with Crippen molar-refractivity contribution in [2.75, 3.05) is 26.7 Å². The minimum absolute atomic E-state index is 0.292. The minimum atomic E-state index is 0.292. The highest BCUT2D eigenvalue weighted by Crippen LogP contribution is 2.45. The number of nitrogens with zero attached hydrogens (tertiary/aromatic N) is 2. The van der Waals surface area contributed by atoms with Crippen LogP contribution in [0.15, 0.2) is 35.9 Å². The lowest BCUT2D eigenvalue weighted by Crippen LogP contribution is -2.60. The first-order valence-corrected chi connectivity index (χ1v) is 11.1. The molecule has 0 aromatic heterocycles. The van der Waals surface area contributed by atoms with Crippen molar-refractivity contribution in [1.82, 2.24) is 9.80 Å². The number of amides is 1. The fraction of sp³-hybridized carbons (Fsp3) is 0.625. The molecule has 3 saturated heterocycles. The van der Waals surface area contributed by atoms with Gasteiger partial charge in [0.05, 0.1) is 19.6 Å². The van der Waals surface area contributed by atoms with E-state index in [1.165, 1.54) is 45.2 Å². The maximum atomic E-state index is 13.3. The zero-order valence-corrected chi connectivity index (χ0v) is 17.0. The summed E-state index contributed by atoms with van der Waals surface area (Å²) >= 11 is 0. The number of fused-ring (bicyclic) bond motifs is 6. The van der Waals surface area contributed by atoms with Gasteiger partial charge in [-0.2, -0.15) is 0 Å². The fourth-order valence-electron chi connectivity index (χ4n) is 6.27. The summed E-state index contributed by atoms with van der Waals surface area (Å²) in [4.78, 5) is 18.2. The summed E-state index contributed by atoms with van der Waals surface area (Å²) in [6, 6.07) is 9.06. The number of likely N-dealkylation sites (tertiary alicyclic amines) is 1. The number of benzene rings is 1. The van der Waals surface area contributed by atoms with Crippen molar-refractivity contribution in [3.05, 3.63) is 41.5 Å². The summed E-state index contributed by atoms with van der Waals surface area (Å²) in [7, 11) is 1.68. The number of ether oxygens (including phenoxy) is 1. The lowest BCUT2D eigenvalue weighted by Gasteiger charge is -2.54. The maximum absolute atomic E-state index is 13.3. The molecule has 4 atom stereocenters. The number of hydrogen-bond acceptors (Lipinski definition) is 3. The molecule has 2 bridgehead atoms. The molecule has 1 aromatic carbocycles. The van der Waals surface area contributed by atoms with E-state index in [2.05, 4.69) is 15.9 Å². The summed E-state index contributed by atoms with van der Waals surface area (Å²) in [5, 5.41) is 0. The first-order valence-electron chi connectivity index (χ1n) is 11.1. The molecular weight excluding hydrogens is 348 g/mol. The summed E-state index contributed by atoms with van der Waals surface area (Å²) in [5.41, 5.74) is 2.65. The van der Waals surface area contributed by atoms with Gasteiger partial charge in [0.1, 0.15) is 5.75 Å². The van der Waals surface area contributed by atoms with Gasteiger partial charge < -0.3 is 9.64 Å². The monoisotopic (exact) mass is 380 g/mol. The molecule has 5 rings (SSSR count). The molecule has 3 fully saturated rings. The van der Waals surface area contributed by atoms with E-state index in [0.29, 0.717) is 24.3 Å². The predicted molar refractivity (Wildman–Crippen MR) is 110 cm³/mol. The summed E-state index contributed by atoms with van der Waals surface area (Å²) in [6.07, 6.45) is 10.8. The average molecular weight is 381 g/mol. The van der Waals surface area contributed by atoms with Crippen LogP contribution in [0.25, 0.3) is 0 Å². The summed E-state index contributed by atoms with van der Waals surface area (Å²) in [6.45, 7) is 3.37. The van der Waals surface area contributed by atoms with Crippen molar-refractivity contribution in [2.45, 2.75) is 57.0 Å². The second kappa shape index (κ2) is 7.55. The molecule has 2 unspecified atom stereocenters. The Kier molecular flexibility index (Phi) is 4.92. The predicted octanol–water partition coefficient (Wildman–Crippen LogP) is 3.66. The number of piperidine rings is 3. The Morgan fingerprint density at radius 1 is 1.14 bits per heavy atom. The van der Waals surface area contributed by atoms with Gasteiger partial charge in [0.2, 0.25) is 5.91 Å². The quantitative estimate of drug-likeness (QED) is 0.751. The normalized spacial score (nSPS) is 32.2. The van der Waals surface area contributed by atoms with Gasteiger partial charge in [-0.05, 0) is 68.2 Å². The average Bonchev–Trinajstić information content (AvgIpc) is 2.74. The van der Waals surface area contributed by atoms with E-state index in [0.717, 1.165) is 36.2 Å². The third kappa shape index (κ3) is 3.26. The molecule has 1 amide bonds. The lowest BCUT2D eigenvalue weighted by molar-refractivity contribution is -0.135. The largest absolute Gasteiger partial charge is 0.497 e. The SMILES string of the molecule is COc1ccc(CC(=O)N2CCCC3=C[C@@H]4C[C@H](CN5CCCCC45)C32)cc1. The van der Waals surface area contributed by atoms with E-state index in [1.54, 1.807) is 12.7 Å². The van der Waals surface area contributed by atoms with Gasteiger partial charge in [0, 0.05) is 19.1 Å². The molecule has 0 saturated carbocycles. The fourth-order valence-corrected chi connectivity index (χ4v) is 6.27. The van der Waals surface area contributed by atoms with Gasteiger partial charge in [-0.3, -0.25) is 9.69 Å². The summed E-state index contributed by atoms with van der Waals surface area (Å²) < 4.78 is 5.24. The number of hydrogen-bond donors (Lipinski definition) is 0. The zero-order valence-electron chi connectivity index (χ0n) is 17.0. The molecule has 1 aromatic rings. The molecule has 0 spiro atoms. The number of methoxy groups -OCH3 is 1. The smallest absolute Gasteiger partial charge is 0.227 e. The van der Waals surface area contributed by atoms with Crippen molar-refractivity contribution < 1.29 is 9.53 Å². The second-order valence-corrected chi connectivity index (χ2v) is 9.12. The zero-order chi connectivity index (χ0) is 19.1. The highest BCUT2D eigenvalue weighted by molar-refractivity contribution is 5.80. The standard InChI is InChI=1S/C24H32N2O2/c1-28-21-9-7-17(8-10-21)13-23(27)26-12-4-5-18-14-19-15-20(24(18)26)16-25-11-3-2-6-22(19)25/h7-10,14,19-20,22,24H,2-6,11-13,15-16H2,1H3/t19-,20-,22?,24?/m1/s1. The Bertz CT molecular complexity index is 756. The lowest BCUT2D eigenvalue weighted by atomic mass is 9.68. The van der Waals surface area contributed by atoms with Gasteiger partial charge in [-0.15, -0.1) is 0 Å². The molecule has 28 heavy (non-hydrogen) atoms. The van der Waals surface area contributed by atoms with Gasteiger partial charge in [-0.1, -0.05) is 30.2 Å². The topological polar surface area (TPSA) is 32.8 Å². The van der Waals surface area contributed by atoms with E-state index in [1.807, 2.05) is 24.3 Å². The van der Waals surface area contributed by atoms with Crippen LogP contribution in [0.4, 0.5) is 0 Å². The van der Waals surface area contributed by atoms with Crippen molar-refractivity contribution in [1.29, 1.82) is 0 Å². The Hall–Kier alpha value is -1.81. The van der Waals surface area contributed by atoms with Crippen LogP contribution in [0.5, 0.6) is 5.75 Å². The van der Waals surface area contributed by atoms with E-state index in [-0.39, 0.29) is 0 Å². The van der Waals surface area contributed by atoms with Crippen molar-refractivity contribution >= 4 is 5.91 Å². The molecule has 4 nitrogen and oxygen atoms in total. The van der Waals surface area contributed by atoms with Crippen molar-refractivity contribution in [3.8, 4) is 5.75 Å².